The molecule has 3 N–H and O–H groups in total. The molecule has 1 heterocycles. The molecule has 3 aromatic rings. The fourth-order valence-electron chi connectivity index (χ4n) is 4.06. The third kappa shape index (κ3) is 3.18. The van der Waals surface area contributed by atoms with Gasteiger partial charge in [-0.25, -0.2) is 0 Å². The monoisotopic (exact) mass is 442 g/mol. The Morgan fingerprint density at radius 2 is 2.00 bits per heavy atom. The summed E-state index contributed by atoms with van der Waals surface area (Å²) in [6.07, 6.45) is -1.90. The number of carbonyl (C=O) groups excluding carboxylic acids is 1. The normalized spacial score (nSPS) is 16.8. The van der Waals surface area contributed by atoms with Crippen LogP contribution in [0.25, 0.3) is 22.3 Å². The summed E-state index contributed by atoms with van der Waals surface area (Å²) in [6, 6.07) is 9.99. The number of primary amides is 1. The molecule has 0 saturated carbocycles. The zero-order valence-corrected chi connectivity index (χ0v) is 16.6. The highest BCUT2D eigenvalue weighted by molar-refractivity contribution is 5.94. The van der Waals surface area contributed by atoms with E-state index in [2.05, 4.69) is 5.10 Å². The number of carbonyl (C=O) groups is 1. The molecule has 1 amide bonds. The van der Waals surface area contributed by atoms with E-state index in [9.17, 15) is 23.2 Å². The van der Waals surface area contributed by atoms with E-state index in [1.54, 1.807) is 12.3 Å². The van der Waals surface area contributed by atoms with Gasteiger partial charge in [0.25, 0.3) is 5.91 Å². The molecule has 0 aliphatic heterocycles. The minimum absolute atomic E-state index is 0.0378. The van der Waals surface area contributed by atoms with Crippen molar-refractivity contribution in [2.24, 2.45) is 5.73 Å². The van der Waals surface area contributed by atoms with Crippen molar-refractivity contribution < 1.29 is 27.8 Å². The Bertz CT molecular complexity index is 1250. The van der Waals surface area contributed by atoms with Crippen LogP contribution in [0.1, 0.15) is 11.1 Å². The van der Waals surface area contributed by atoms with Gasteiger partial charge in [-0.15, -0.1) is 0 Å². The van der Waals surface area contributed by atoms with E-state index in [1.165, 1.54) is 41.2 Å². The van der Waals surface area contributed by atoms with Gasteiger partial charge in [-0.3, -0.25) is 9.48 Å². The van der Waals surface area contributed by atoms with Crippen LogP contribution in [0.5, 0.6) is 5.75 Å². The standard InChI is InChI=1S/C22H17F3N4O3/c23-22(24,25)21(12-26)17-4-2-1-3-15(17)20-16(13-9-28-29(10-13)5-6-30)7-14(8-18(20)21)32-11-19(27)31/h1-4,7-10,30H,5-6,11H2,(H2,27,31). The number of aliphatic hydroxyl groups is 1. The van der Waals surface area contributed by atoms with Gasteiger partial charge in [-0.2, -0.15) is 23.5 Å². The van der Waals surface area contributed by atoms with Crippen LogP contribution < -0.4 is 10.5 Å². The van der Waals surface area contributed by atoms with Crippen molar-refractivity contribution >= 4 is 5.91 Å². The lowest BCUT2D eigenvalue weighted by Gasteiger charge is -2.27. The predicted octanol–water partition coefficient (Wildman–Crippen LogP) is 2.76. The van der Waals surface area contributed by atoms with Crippen LogP contribution in [-0.4, -0.2) is 40.2 Å². The Hall–Kier alpha value is -3.84. The molecule has 7 nitrogen and oxygen atoms in total. The van der Waals surface area contributed by atoms with E-state index in [-0.39, 0.29) is 41.2 Å². The van der Waals surface area contributed by atoms with Crippen molar-refractivity contribution in [3.8, 4) is 34.1 Å². The first-order chi connectivity index (χ1) is 15.2. The average Bonchev–Trinajstić information content (AvgIpc) is 3.32. The van der Waals surface area contributed by atoms with Gasteiger partial charge < -0.3 is 15.6 Å². The number of fused-ring (bicyclic) bond motifs is 3. The van der Waals surface area contributed by atoms with Crippen molar-refractivity contribution in [1.29, 1.82) is 5.26 Å². The number of nitrogens with zero attached hydrogens (tertiary/aromatic N) is 3. The molecule has 0 bridgehead atoms. The maximum absolute atomic E-state index is 14.5. The second kappa shape index (κ2) is 7.69. The van der Waals surface area contributed by atoms with Crippen molar-refractivity contribution in [3.63, 3.8) is 0 Å². The first-order valence-corrected chi connectivity index (χ1v) is 9.54. The molecule has 32 heavy (non-hydrogen) atoms. The Kier molecular flexibility index (Phi) is 5.14. The van der Waals surface area contributed by atoms with Crippen LogP contribution in [0.3, 0.4) is 0 Å². The van der Waals surface area contributed by atoms with Crippen LogP contribution in [0.2, 0.25) is 0 Å². The van der Waals surface area contributed by atoms with E-state index in [4.69, 9.17) is 15.6 Å². The quantitative estimate of drug-likeness (QED) is 0.609. The molecule has 0 spiro atoms. The highest BCUT2D eigenvalue weighted by atomic mass is 19.4. The van der Waals surface area contributed by atoms with Crippen molar-refractivity contribution in [1.82, 2.24) is 9.78 Å². The maximum Gasteiger partial charge on any atom is 0.415 e. The number of rotatable bonds is 6. The van der Waals surface area contributed by atoms with E-state index < -0.39 is 24.1 Å². The second-order valence-corrected chi connectivity index (χ2v) is 7.27. The Morgan fingerprint density at radius 1 is 1.25 bits per heavy atom. The van der Waals surface area contributed by atoms with Crippen LogP contribution in [0.15, 0.2) is 48.8 Å². The number of aliphatic hydroxyl groups excluding tert-OH is 1. The zero-order chi connectivity index (χ0) is 23.1. The van der Waals surface area contributed by atoms with Gasteiger partial charge in [-0.1, -0.05) is 24.3 Å². The summed E-state index contributed by atoms with van der Waals surface area (Å²) in [5.41, 5.74) is 3.05. The number of nitrogens with two attached hydrogens (primary N) is 1. The lowest BCUT2D eigenvalue weighted by atomic mass is 9.78. The molecule has 1 unspecified atom stereocenters. The van der Waals surface area contributed by atoms with Gasteiger partial charge in [0.2, 0.25) is 5.41 Å². The summed E-state index contributed by atoms with van der Waals surface area (Å²) in [4.78, 5) is 11.2. The highest BCUT2D eigenvalue weighted by Gasteiger charge is 2.63. The van der Waals surface area contributed by atoms with Gasteiger partial charge in [0.15, 0.2) is 6.61 Å². The Balaban J connectivity index is 2.05. The topological polar surface area (TPSA) is 114 Å². The summed E-state index contributed by atoms with van der Waals surface area (Å²) >= 11 is 0. The van der Waals surface area contributed by atoms with Crippen LogP contribution in [-0.2, 0) is 16.8 Å². The maximum atomic E-state index is 14.5. The molecule has 1 aromatic heterocycles. The Morgan fingerprint density at radius 3 is 2.66 bits per heavy atom. The molecule has 2 aromatic carbocycles. The van der Waals surface area contributed by atoms with Gasteiger partial charge >= 0.3 is 6.18 Å². The van der Waals surface area contributed by atoms with E-state index >= 15 is 0 Å². The summed E-state index contributed by atoms with van der Waals surface area (Å²) in [7, 11) is 0. The fraction of sp³-hybridized carbons (Fsp3) is 0.227. The highest BCUT2D eigenvalue weighted by Crippen LogP contribution is 2.59. The number of amides is 1. The average molecular weight is 442 g/mol. The minimum atomic E-state index is -4.93. The number of benzene rings is 2. The Labute approximate surface area is 180 Å². The van der Waals surface area contributed by atoms with Crippen molar-refractivity contribution in [2.75, 3.05) is 13.2 Å². The van der Waals surface area contributed by atoms with Gasteiger partial charge in [-0.05, 0) is 39.9 Å². The minimum Gasteiger partial charge on any atom is -0.484 e. The molecular weight excluding hydrogens is 425 g/mol. The van der Waals surface area contributed by atoms with E-state index in [0.29, 0.717) is 11.1 Å². The smallest absolute Gasteiger partial charge is 0.415 e. The number of aromatic nitrogens is 2. The van der Waals surface area contributed by atoms with Gasteiger partial charge in [0.1, 0.15) is 5.75 Å². The molecule has 10 heteroatoms. The lowest BCUT2D eigenvalue weighted by Crippen LogP contribution is -2.40. The molecule has 0 saturated heterocycles. The molecule has 1 atom stereocenters. The van der Waals surface area contributed by atoms with E-state index in [1.807, 2.05) is 0 Å². The number of ether oxygens (including phenoxy) is 1. The van der Waals surface area contributed by atoms with Crippen molar-refractivity contribution in [2.45, 2.75) is 18.1 Å². The molecular formula is C22H17F3N4O3. The predicted molar refractivity (Wildman–Crippen MR) is 107 cm³/mol. The second-order valence-electron chi connectivity index (χ2n) is 7.27. The first-order valence-electron chi connectivity index (χ1n) is 9.54. The molecule has 164 valence electrons. The number of nitriles is 1. The summed E-state index contributed by atoms with van der Waals surface area (Å²) in [6.45, 7) is -0.517. The fourth-order valence-corrected chi connectivity index (χ4v) is 4.06. The summed E-state index contributed by atoms with van der Waals surface area (Å²) in [5, 5.41) is 23.1. The molecule has 0 radical (unpaired) electrons. The van der Waals surface area contributed by atoms with Crippen molar-refractivity contribution in [3.05, 3.63) is 59.9 Å². The molecule has 1 aliphatic rings. The zero-order valence-electron chi connectivity index (χ0n) is 16.6. The van der Waals surface area contributed by atoms with E-state index in [0.717, 1.165) is 6.07 Å². The van der Waals surface area contributed by atoms with Gasteiger partial charge in [0, 0.05) is 11.8 Å². The third-order valence-electron chi connectivity index (χ3n) is 5.36. The van der Waals surface area contributed by atoms with Gasteiger partial charge in [0.05, 0.1) is 25.4 Å². The SMILES string of the molecule is N#CC1(C(F)(F)F)c2ccccc2-c2c(-c3cnn(CCO)c3)cc(OCC(N)=O)cc21. The molecule has 1 aliphatic carbocycles. The number of halogens is 3. The van der Waals surface area contributed by atoms with Crippen LogP contribution in [0.4, 0.5) is 13.2 Å². The van der Waals surface area contributed by atoms with Crippen LogP contribution >= 0.6 is 0 Å². The lowest BCUT2D eigenvalue weighted by molar-refractivity contribution is -0.161. The summed E-state index contributed by atoms with van der Waals surface area (Å²) in [5.74, 6) is -0.836. The van der Waals surface area contributed by atoms with Crippen LogP contribution in [0, 0.1) is 11.3 Å². The summed E-state index contributed by atoms with van der Waals surface area (Å²) < 4.78 is 50.2. The number of hydrogen-bond donors (Lipinski definition) is 2. The molecule has 4 rings (SSSR count). The largest absolute Gasteiger partial charge is 0.484 e. The first kappa shape index (κ1) is 21.4. The number of hydrogen-bond acceptors (Lipinski definition) is 5. The third-order valence-corrected chi connectivity index (χ3v) is 5.36. The number of alkyl halides is 3. The molecule has 0 fully saturated rings.